The van der Waals surface area contributed by atoms with Crippen molar-refractivity contribution in [3.05, 3.63) is 34.3 Å². The maximum Gasteiger partial charge on any atom is 0.417 e. The molecule has 0 saturated heterocycles. The Morgan fingerprint density at radius 3 is 2.62 bits per heavy atom. The van der Waals surface area contributed by atoms with Gasteiger partial charge in [-0.25, -0.2) is 0 Å². The third-order valence-electron chi connectivity index (χ3n) is 3.66. The Balaban J connectivity index is 2.13. The minimum absolute atomic E-state index is 0.0404. The fourth-order valence-electron chi connectivity index (χ4n) is 2.53. The maximum absolute atomic E-state index is 13.0. The summed E-state index contributed by atoms with van der Waals surface area (Å²) in [5, 5.41) is 4.07. The van der Waals surface area contributed by atoms with Gasteiger partial charge in [-0.15, -0.1) is 0 Å². The molecule has 1 aromatic carbocycles. The standard InChI is InChI=1S/C15H17ClF3NO/c1-10(20-21-9-11-4-2-3-5-11)13-8-12(16)6-7-14(13)15(17,18)19/h6-8,11H,2-5,9H2,1H3/b20-10+. The molecule has 0 atom stereocenters. The number of rotatable bonds is 4. The molecule has 0 spiro atoms. The van der Waals surface area contributed by atoms with Gasteiger partial charge in [-0.2, -0.15) is 13.2 Å². The number of oxime groups is 1. The van der Waals surface area contributed by atoms with Gasteiger partial charge in [0.05, 0.1) is 11.3 Å². The lowest BCUT2D eigenvalue weighted by Gasteiger charge is -2.13. The third-order valence-corrected chi connectivity index (χ3v) is 3.90. The average Bonchev–Trinajstić information content (AvgIpc) is 2.90. The molecule has 1 saturated carbocycles. The molecule has 2 nitrogen and oxygen atoms in total. The van der Waals surface area contributed by atoms with Crippen molar-refractivity contribution in [2.24, 2.45) is 11.1 Å². The summed E-state index contributed by atoms with van der Waals surface area (Å²) in [6.07, 6.45) is 0.119. The zero-order valence-corrected chi connectivity index (χ0v) is 12.5. The molecule has 0 aromatic heterocycles. The van der Waals surface area contributed by atoms with Crippen LogP contribution in [-0.2, 0) is 11.0 Å². The van der Waals surface area contributed by atoms with Gasteiger partial charge in [0.25, 0.3) is 0 Å². The molecule has 1 aromatic rings. The predicted molar refractivity (Wildman–Crippen MR) is 76.6 cm³/mol. The number of hydrogen-bond acceptors (Lipinski definition) is 2. The van der Waals surface area contributed by atoms with Crippen molar-refractivity contribution in [3.63, 3.8) is 0 Å². The maximum atomic E-state index is 13.0. The van der Waals surface area contributed by atoms with E-state index in [1.165, 1.54) is 31.9 Å². The van der Waals surface area contributed by atoms with E-state index in [0.29, 0.717) is 12.5 Å². The van der Waals surface area contributed by atoms with E-state index in [2.05, 4.69) is 5.16 Å². The summed E-state index contributed by atoms with van der Waals surface area (Å²) < 4.78 is 38.9. The van der Waals surface area contributed by atoms with Crippen LogP contribution in [0.3, 0.4) is 0 Å². The van der Waals surface area contributed by atoms with Gasteiger partial charge >= 0.3 is 6.18 Å². The van der Waals surface area contributed by atoms with E-state index in [4.69, 9.17) is 16.4 Å². The zero-order chi connectivity index (χ0) is 15.5. The average molecular weight is 320 g/mol. The molecule has 0 aliphatic heterocycles. The SMILES string of the molecule is C/C(=N\OCC1CCCC1)c1cc(Cl)ccc1C(F)(F)F. The first-order chi connectivity index (χ1) is 9.88. The highest BCUT2D eigenvalue weighted by molar-refractivity contribution is 6.31. The third kappa shape index (κ3) is 4.37. The highest BCUT2D eigenvalue weighted by Crippen LogP contribution is 2.33. The van der Waals surface area contributed by atoms with Crippen molar-refractivity contribution in [3.8, 4) is 0 Å². The Bertz CT molecular complexity index is 522. The molecule has 1 aliphatic carbocycles. The van der Waals surface area contributed by atoms with Crippen molar-refractivity contribution < 1.29 is 18.0 Å². The van der Waals surface area contributed by atoms with Crippen molar-refractivity contribution in [2.45, 2.75) is 38.8 Å². The Labute approximate surface area is 126 Å². The Morgan fingerprint density at radius 2 is 2.00 bits per heavy atom. The highest BCUT2D eigenvalue weighted by atomic mass is 35.5. The summed E-state index contributed by atoms with van der Waals surface area (Å²) in [7, 11) is 0. The molecule has 0 amide bonds. The van der Waals surface area contributed by atoms with Gasteiger partial charge in [0, 0.05) is 10.6 Å². The molecular weight excluding hydrogens is 303 g/mol. The van der Waals surface area contributed by atoms with Gasteiger partial charge < -0.3 is 4.84 Å². The molecule has 0 N–H and O–H groups in total. The van der Waals surface area contributed by atoms with Crippen LogP contribution in [0, 0.1) is 5.92 Å². The van der Waals surface area contributed by atoms with Crippen LogP contribution in [0.1, 0.15) is 43.7 Å². The first-order valence-corrected chi connectivity index (χ1v) is 7.29. The minimum atomic E-state index is -4.44. The fourth-order valence-corrected chi connectivity index (χ4v) is 2.70. The summed E-state index contributed by atoms with van der Waals surface area (Å²) in [6.45, 7) is 1.95. The molecule has 0 heterocycles. The van der Waals surface area contributed by atoms with Crippen LogP contribution >= 0.6 is 11.6 Å². The van der Waals surface area contributed by atoms with E-state index >= 15 is 0 Å². The van der Waals surface area contributed by atoms with Gasteiger partial charge in [0.15, 0.2) is 0 Å². The molecule has 1 aliphatic rings. The number of benzene rings is 1. The Hall–Kier alpha value is -1.23. The van der Waals surface area contributed by atoms with Gasteiger partial charge in [0.2, 0.25) is 0 Å². The smallest absolute Gasteiger partial charge is 0.395 e. The van der Waals surface area contributed by atoms with Crippen LogP contribution in [0.5, 0.6) is 0 Å². The van der Waals surface area contributed by atoms with Crippen molar-refractivity contribution >= 4 is 17.3 Å². The Kier molecular flexibility index (Phi) is 5.14. The second kappa shape index (κ2) is 6.69. The van der Waals surface area contributed by atoms with Crippen LogP contribution in [0.4, 0.5) is 13.2 Å². The van der Waals surface area contributed by atoms with Crippen LogP contribution in [0.25, 0.3) is 0 Å². The van der Waals surface area contributed by atoms with Crippen LogP contribution in [0.2, 0.25) is 5.02 Å². The van der Waals surface area contributed by atoms with E-state index in [-0.39, 0.29) is 16.3 Å². The molecule has 0 radical (unpaired) electrons. The number of halogens is 4. The van der Waals surface area contributed by atoms with Crippen molar-refractivity contribution in [1.29, 1.82) is 0 Å². The topological polar surface area (TPSA) is 21.6 Å². The quantitative estimate of drug-likeness (QED) is 0.546. The predicted octanol–water partition coefficient (Wildman–Crippen LogP) is 5.29. The van der Waals surface area contributed by atoms with Gasteiger partial charge in [-0.05, 0) is 43.9 Å². The van der Waals surface area contributed by atoms with Crippen LogP contribution in [-0.4, -0.2) is 12.3 Å². The second-order valence-electron chi connectivity index (χ2n) is 5.31. The largest absolute Gasteiger partial charge is 0.417 e. The lowest BCUT2D eigenvalue weighted by Crippen LogP contribution is -2.12. The number of hydrogen-bond donors (Lipinski definition) is 0. The normalized spacial score (nSPS) is 17.3. The number of alkyl halides is 3. The molecule has 2 rings (SSSR count). The fraction of sp³-hybridized carbons (Fsp3) is 0.533. The second-order valence-corrected chi connectivity index (χ2v) is 5.75. The van der Waals surface area contributed by atoms with Crippen LogP contribution in [0.15, 0.2) is 23.4 Å². The summed E-state index contributed by atoms with van der Waals surface area (Å²) in [6, 6.07) is 3.45. The summed E-state index contributed by atoms with van der Waals surface area (Å²) in [5.74, 6) is 0.461. The minimum Gasteiger partial charge on any atom is -0.395 e. The summed E-state index contributed by atoms with van der Waals surface area (Å²) >= 11 is 5.79. The molecule has 0 bridgehead atoms. The highest BCUT2D eigenvalue weighted by Gasteiger charge is 2.34. The molecule has 0 unspecified atom stereocenters. The lowest BCUT2D eigenvalue weighted by molar-refractivity contribution is -0.137. The molecule has 1 fully saturated rings. The van der Waals surface area contributed by atoms with Gasteiger partial charge in [0.1, 0.15) is 6.61 Å². The summed E-state index contributed by atoms with van der Waals surface area (Å²) in [5.41, 5.74) is -0.609. The van der Waals surface area contributed by atoms with E-state index in [9.17, 15) is 13.2 Å². The first kappa shape index (κ1) is 16.1. The molecule has 116 valence electrons. The van der Waals surface area contributed by atoms with Crippen LogP contribution < -0.4 is 0 Å². The summed E-state index contributed by atoms with van der Waals surface area (Å²) in [4.78, 5) is 5.22. The lowest BCUT2D eigenvalue weighted by atomic mass is 10.0. The van der Waals surface area contributed by atoms with Gasteiger partial charge in [-0.3, -0.25) is 0 Å². The zero-order valence-electron chi connectivity index (χ0n) is 11.7. The van der Waals surface area contributed by atoms with Crippen molar-refractivity contribution in [1.82, 2.24) is 0 Å². The number of nitrogens with zero attached hydrogens (tertiary/aromatic N) is 1. The van der Waals surface area contributed by atoms with Crippen molar-refractivity contribution in [2.75, 3.05) is 6.61 Å². The van der Waals surface area contributed by atoms with E-state index < -0.39 is 11.7 Å². The van der Waals surface area contributed by atoms with E-state index in [1.54, 1.807) is 0 Å². The first-order valence-electron chi connectivity index (χ1n) is 6.91. The Morgan fingerprint density at radius 1 is 1.33 bits per heavy atom. The molecule has 6 heteroatoms. The van der Waals surface area contributed by atoms with Gasteiger partial charge in [-0.1, -0.05) is 29.6 Å². The monoisotopic (exact) mass is 319 g/mol. The molecule has 21 heavy (non-hydrogen) atoms. The molecular formula is C15H17ClF3NO. The van der Waals surface area contributed by atoms with E-state index in [1.807, 2.05) is 0 Å². The van der Waals surface area contributed by atoms with E-state index in [0.717, 1.165) is 18.9 Å².